The quantitative estimate of drug-likeness (QED) is 0.891. The molecule has 108 valence electrons. The van der Waals surface area contributed by atoms with Crippen LogP contribution in [0.2, 0.25) is 0 Å². The van der Waals surface area contributed by atoms with Gasteiger partial charge in [-0.2, -0.15) is 0 Å². The van der Waals surface area contributed by atoms with E-state index in [0.29, 0.717) is 11.6 Å². The molecule has 5 heteroatoms. The number of benzene rings is 1. The van der Waals surface area contributed by atoms with Gasteiger partial charge >= 0.3 is 0 Å². The van der Waals surface area contributed by atoms with Gasteiger partial charge in [-0.3, -0.25) is 9.59 Å². The first-order chi connectivity index (χ1) is 9.51. The molecule has 1 aromatic carbocycles. The highest BCUT2D eigenvalue weighted by molar-refractivity contribution is 5.95. The van der Waals surface area contributed by atoms with E-state index in [1.165, 1.54) is 4.90 Å². The third kappa shape index (κ3) is 3.50. The number of ether oxygens (including phenoxy) is 1. The summed E-state index contributed by atoms with van der Waals surface area (Å²) in [6, 6.07) is 7.08. The van der Waals surface area contributed by atoms with Crippen molar-refractivity contribution in [3.8, 4) is 5.75 Å². The molecule has 0 aromatic heterocycles. The fourth-order valence-corrected chi connectivity index (χ4v) is 2.12. The van der Waals surface area contributed by atoms with Crippen molar-refractivity contribution in [3.05, 3.63) is 24.3 Å². The maximum atomic E-state index is 11.9. The average molecular weight is 276 g/mol. The molecule has 2 rings (SSSR count). The third-order valence-corrected chi connectivity index (χ3v) is 3.56. The summed E-state index contributed by atoms with van der Waals surface area (Å²) in [6.45, 7) is 2.13. The Morgan fingerprint density at radius 1 is 1.35 bits per heavy atom. The summed E-state index contributed by atoms with van der Waals surface area (Å²) >= 11 is 0. The number of amides is 2. The Morgan fingerprint density at radius 2 is 1.95 bits per heavy atom. The Hall–Kier alpha value is -2.04. The summed E-state index contributed by atoms with van der Waals surface area (Å²) in [6.07, 6.45) is 0.934. The Morgan fingerprint density at radius 3 is 2.45 bits per heavy atom. The van der Waals surface area contributed by atoms with Crippen molar-refractivity contribution in [2.24, 2.45) is 11.8 Å². The van der Waals surface area contributed by atoms with E-state index in [0.717, 1.165) is 12.2 Å². The van der Waals surface area contributed by atoms with Crippen LogP contribution >= 0.6 is 0 Å². The van der Waals surface area contributed by atoms with Crippen molar-refractivity contribution in [3.63, 3.8) is 0 Å². The van der Waals surface area contributed by atoms with Crippen LogP contribution in [0.15, 0.2) is 24.3 Å². The predicted octanol–water partition coefficient (Wildman–Crippen LogP) is 1.75. The lowest BCUT2D eigenvalue weighted by Crippen LogP contribution is -2.36. The second-order valence-corrected chi connectivity index (χ2v) is 5.29. The molecule has 1 aliphatic rings. The molecule has 20 heavy (non-hydrogen) atoms. The van der Waals surface area contributed by atoms with Crippen LogP contribution in [-0.4, -0.2) is 37.4 Å². The molecular formula is C15H20N2O3. The molecule has 0 aliphatic heterocycles. The van der Waals surface area contributed by atoms with E-state index in [9.17, 15) is 9.59 Å². The molecule has 0 spiro atoms. The summed E-state index contributed by atoms with van der Waals surface area (Å²) in [4.78, 5) is 25.3. The van der Waals surface area contributed by atoms with Crippen LogP contribution in [-0.2, 0) is 9.59 Å². The van der Waals surface area contributed by atoms with Crippen LogP contribution in [0, 0.1) is 11.8 Å². The van der Waals surface area contributed by atoms with Crippen molar-refractivity contribution in [1.29, 1.82) is 0 Å². The molecule has 1 saturated carbocycles. The van der Waals surface area contributed by atoms with Gasteiger partial charge in [0.25, 0.3) is 0 Å². The lowest BCUT2D eigenvalue weighted by molar-refractivity contribution is -0.134. The Labute approximate surface area is 118 Å². The fraction of sp³-hybridized carbons (Fsp3) is 0.467. The summed E-state index contributed by atoms with van der Waals surface area (Å²) in [5.74, 6) is 1.16. The lowest BCUT2D eigenvalue weighted by atomic mass is 10.3. The zero-order valence-corrected chi connectivity index (χ0v) is 12.1. The average Bonchev–Trinajstić information content (AvgIpc) is 3.15. The van der Waals surface area contributed by atoms with Gasteiger partial charge in [0.1, 0.15) is 5.75 Å². The summed E-state index contributed by atoms with van der Waals surface area (Å²) < 4.78 is 5.05. The van der Waals surface area contributed by atoms with E-state index in [2.05, 4.69) is 5.32 Å². The highest BCUT2D eigenvalue weighted by Crippen LogP contribution is 2.38. The number of hydrogen-bond acceptors (Lipinski definition) is 3. The van der Waals surface area contributed by atoms with E-state index < -0.39 is 0 Å². The smallest absolute Gasteiger partial charge is 0.243 e. The van der Waals surface area contributed by atoms with E-state index in [4.69, 9.17) is 4.74 Å². The van der Waals surface area contributed by atoms with Crippen molar-refractivity contribution in [2.45, 2.75) is 13.3 Å². The number of nitrogens with zero attached hydrogens (tertiary/aromatic N) is 1. The van der Waals surface area contributed by atoms with Gasteiger partial charge in [-0.25, -0.2) is 0 Å². The minimum Gasteiger partial charge on any atom is -0.497 e. The number of rotatable bonds is 5. The van der Waals surface area contributed by atoms with E-state index in [-0.39, 0.29) is 24.3 Å². The van der Waals surface area contributed by atoms with E-state index in [1.807, 2.05) is 6.92 Å². The zero-order chi connectivity index (χ0) is 14.7. The summed E-state index contributed by atoms with van der Waals surface area (Å²) in [5, 5.41) is 2.76. The van der Waals surface area contributed by atoms with Gasteiger partial charge in [0.05, 0.1) is 13.7 Å². The zero-order valence-electron chi connectivity index (χ0n) is 12.1. The summed E-state index contributed by atoms with van der Waals surface area (Å²) in [7, 11) is 3.26. The molecule has 1 N–H and O–H groups in total. The number of carbonyl (C=O) groups excluding carboxylic acids is 2. The minimum absolute atomic E-state index is 0.0578. The number of methoxy groups -OCH3 is 1. The standard InChI is InChI=1S/C15H20N2O3/c1-10-8-13(10)15(19)17(2)9-14(18)16-11-4-6-12(20-3)7-5-11/h4-7,10,13H,8-9H2,1-3H3,(H,16,18)/t10-,13-/m1/s1. The number of hydrogen-bond donors (Lipinski definition) is 1. The molecule has 0 heterocycles. The molecule has 1 aromatic rings. The Kier molecular flexibility index (Phi) is 4.27. The number of likely N-dealkylation sites (N-methyl/N-ethyl adjacent to an activating group) is 1. The second-order valence-electron chi connectivity index (χ2n) is 5.29. The van der Waals surface area contributed by atoms with Gasteiger partial charge in [-0.1, -0.05) is 6.92 Å². The maximum Gasteiger partial charge on any atom is 0.243 e. The fourth-order valence-electron chi connectivity index (χ4n) is 2.12. The number of nitrogens with one attached hydrogen (secondary N) is 1. The molecule has 0 unspecified atom stereocenters. The number of anilines is 1. The first kappa shape index (κ1) is 14.4. The monoisotopic (exact) mass is 276 g/mol. The normalized spacial score (nSPS) is 20.1. The summed E-state index contributed by atoms with van der Waals surface area (Å²) in [5.41, 5.74) is 0.691. The Balaban J connectivity index is 1.83. The van der Waals surface area contributed by atoms with Crippen molar-refractivity contribution >= 4 is 17.5 Å². The van der Waals surface area contributed by atoms with Crippen LogP contribution < -0.4 is 10.1 Å². The van der Waals surface area contributed by atoms with E-state index >= 15 is 0 Å². The SMILES string of the molecule is COc1ccc(NC(=O)CN(C)C(=O)[C@@H]2C[C@H]2C)cc1. The van der Waals surface area contributed by atoms with E-state index in [1.54, 1.807) is 38.4 Å². The molecule has 0 radical (unpaired) electrons. The van der Waals surface area contributed by atoms with Crippen molar-refractivity contribution < 1.29 is 14.3 Å². The van der Waals surface area contributed by atoms with Crippen molar-refractivity contribution in [1.82, 2.24) is 4.90 Å². The van der Waals surface area contributed by atoms with Gasteiger partial charge < -0.3 is 15.0 Å². The minimum atomic E-state index is -0.195. The first-order valence-corrected chi connectivity index (χ1v) is 6.70. The Bertz CT molecular complexity index is 498. The molecule has 2 atom stereocenters. The van der Waals surface area contributed by atoms with Crippen LogP contribution in [0.3, 0.4) is 0 Å². The largest absolute Gasteiger partial charge is 0.497 e. The van der Waals surface area contributed by atoms with Gasteiger partial charge in [0.2, 0.25) is 11.8 Å². The molecular weight excluding hydrogens is 256 g/mol. The topological polar surface area (TPSA) is 58.6 Å². The molecule has 5 nitrogen and oxygen atoms in total. The van der Waals surface area contributed by atoms with Gasteiger partial charge in [0.15, 0.2) is 0 Å². The van der Waals surface area contributed by atoms with Gasteiger partial charge in [-0.05, 0) is 36.6 Å². The molecule has 2 amide bonds. The lowest BCUT2D eigenvalue weighted by Gasteiger charge is -2.16. The molecule has 1 fully saturated rings. The van der Waals surface area contributed by atoms with Crippen LogP contribution in [0.25, 0.3) is 0 Å². The van der Waals surface area contributed by atoms with Crippen LogP contribution in [0.1, 0.15) is 13.3 Å². The van der Waals surface area contributed by atoms with Gasteiger partial charge in [-0.15, -0.1) is 0 Å². The maximum absolute atomic E-state index is 11.9. The number of carbonyl (C=O) groups is 2. The molecule has 0 bridgehead atoms. The second kappa shape index (κ2) is 5.94. The highest BCUT2D eigenvalue weighted by atomic mass is 16.5. The van der Waals surface area contributed by atoms with Crippen LogP contribution in [0.5, 0.6) is 5.75 Å². The third-order valence-electron chi connectivity index (χ3n) is 3.56. The van der Waals surface area contributed by atoms with Gasteiger partial charge in [0, 0.05) is 18.7 Å². The molecule has 1 aliphatic carbocycles. The molecule has 0 saturated heterocycles. The predicted molar refractivity (Wildman–Crippen MR) is 76.5 cm³/mol. The van der Waals surface area contributed by atoms with Crippen molar-refractivity contribution in [2.75, 3.05) is 26.0 Å². The highest BCUT2D eigenvalue weighted by Gasteiger charge is 2.40. The first-order valence-electron chi connectivity index (χ1n) is 6.70. The van der Waals surface area contributed by atoms with Crippen LogP contribution in [0.4, 0.5) is 5.69 Å².